The van der Waals surface area contributed by atoms with Gasteiger partial charge in [-0.3, -0.25) is 28.8 Å². The molecule has 1 heterocycles. The van der Waals surface area contributed by atoms with E-state index in [1.807, 2.05) is 74.5 Å². The van der Waals surface area contributed by atoms with Crippen molar-refractivity contribution < 1.29 is 47.9 Å². The van der Waals surface area contributed by atoms with Crippen LogP contribution < -0.4 is 21.7 Å². The van der Waals surface area contributed by atoms with Crippen LogP contribution in [0.1, 0.15) is 62.6 Å². The molecule has 0 aromatic heterocycles. The molecule has 0 unspecified atom stereocenters. The molecule has 5 amide bonds. The van der Waals surface area contributed by atoms with Crippen molar-refractivity contribution in [1.29, 1.82) is 0 Å². The Kier molecular flexibility index (Phi) is 16.7. The highest BCUT2D eigenvalue weighted by Gasteiger charge is 2.37. The number of hydroxylamine groups is 2. The minimum atomic E-state index is -1.39. The van der Waals surface area contributed by atoms with Gasteiger partial charge in [0, 0.05) is 25.7 Å². The first-order chi connectivity index (χ1) is 26.9. The van der Waals surface area contributed by atoms with E-state index in [2.05, 4.69) is 16.0 Å². The monoisotopic (exact) mass is 771 g/mol. The molecule has 0 radical (unpaired) electrons. The summed E-state index contributed by atoms with van der Waals surface area (Å²) in [7, 11) is 0. The summed E-state index contributed by atoms with van der Waals surface area (Å²) < 4.78 is 11.1. The number of rotatable bonds is 21. The van der Waals surface area contributed by atoms with Crippen LogP contribution in [0.15, 0.2) is 91.0 Å². The Morgan fingerprint density at radius 3 is 1.75 bits per heavy atom. The third-order valence-corrected chi connectivity index (χ3v) is 8.68. The number of hydrogen-bond acceptors (Lipinski definition) is 11. The maximum absolute atomic E-state index is 13.9. The van der Waals surface area contributed by atoms with E-state index >= 15 is 0 Å². The van der Waals surface area contributed by atoms with Gasteiger partial charge >= 0.3 is 11.9 Å². The van der Waals surface area contributed by atoms with Gasteiger partial charge in [0.05, 0.1) is 19.3 Å². The first kappa shape index (κ1) is 42.8. The highest BCUT2D eigenvalue weighted by molar-refractivity contribution is 6.02. The number of imide groups is 1. The Labute approximate surface area is 325 Å². The van der Waals surface area contributed by atoms with Crippen LogP contribution >= 0.6 is 0 Å². The van der Waals surface area contributed by atoms with Gasteiger partial charge in [0.25, 0.3) is 11.8 Å². The Hall–Kier alpha value is -5.93. The molecule has 1 fully saturated rings. The smallest absolute Gasteiger partial charge is 0.355 e. The Morgan fingerprint density at radius 1 is 0.679 bits per heavy atom. The molecular weight excluding hydrogens is 722 g/mol. The molecule has 3 aromatic carbocycles. The fourth-order valence-electron chi connectivity index (χ4n) is 5.65. The van der Waals surface area contributed by atoms with Gasteiger partial charge in [0.1, 0.15) is 24.7 Å². The molecule has 0 bridgehead atoms. The number of carbonyl (C=O) groups excluding carboxylic acids is 7. The van der Waals surface area contributed by atoms with Gasteiger partial charge in [-0.2, -0.15) is 0 Å². The van der Waals surface area contributed by atoms with Crippen molar-refractivity contribution in [1.82, 2.24) is 21.0 Å². The second kappa shape index (κ2) is 21.8. The molecular formula is C41H49N5O10. The molecule has 4 rings (SSSR count). The van der Waals surface area contributed by atoms with Gasteiger partial charge in [-0.15, -0.1) is 5.06 Å². The van der Waals surface area contributed by atoms with Crippen LogP contribution in [0.2, 0.25) is 0 Å². The number of nitrogens with zero attached hydrogens (tertiary/aromatic N) is 1. The summed E-state index contributed by atoms with van der Waals surface area (Å²) in [5, 5.41) is 8.30. The molecule has 4 atom stereocenters. The predicted molar refractivity (Wildman–Crippen MR) is 202 cm³/mol. The molecule has 56 heavy (non-hydrogen) atoms. The summed E-state index contributed by atoms with van der Waals surface area (Å²) >= 11 is 0. The quantitative estimate of drug-likeness (QED) is 0.0912. The van der Waals surface area contributed by atoms with E-state index in [0.717, 1.165) is 11.1 Å². The van der Waals surface area contributed by atoms with Crippen LogP contribution in [0.4, 0.5) is 0 Å². The van der Waals surface area contributed by atoms with Gasteiger partial charge < -0.3 is 36.0 Å². The first-order valence-corrected chi connectivity index (χ1v) is 18.5. The van der Waals surface area contributed by atoms with E-state index in [-0.39, 0.29) is 64.3 Å². The van der Waals surface area contributed by atoms with Gasteiger partial charge in [-0.1, -0.05) is 105 Å². The van der Waals surface area contributed by atoms with Crippen molar-refractivity contribution in [2.75, 3.05) is 6.61 Å². The Balaban J connectivity index is 1.45. The van der Waals surface area contributed by atoms with Gasteiger partial charge in [-0.05, 0) is 35.4 Å². The fourth-order valence-corrected chi connectivity index (χ4v) is 5.65. The summed E-state index contributed by atoms with van der Waals surface area (Å²) in [5.41, 5.74) is 8.36. The molecule has 0 saturated carbocycles. The van der Waals surface area contributed by atoms with Crippen LogP contribution in [0.25, 0.3) is 0 Å². The zero-order valence-corrected chi connectivity index (χ0v) is 31.5. The van der Waals surface area contributed by atoms with E-state index in [0.29, 0.717) is 10.6 Å². The Morgan fingerprint density at radius 2 is 1.18 bits per heavy atom. The second-order valence-corrected chi connectivity index (χ2v) is 13.8. The van der Waals surface area contributed by atoms with Crippen molar-refractivity contribution in [2.45, 2.75) is 89.8 Å². The number of nitrogens with one attached hydrogen (secondary N) is 3. The van der Waals surface area contributed by atoms with Gasteiger partial charge in [-0.25, -0.2) is 4.79 Å². The minimum absolute atomic E-state index is 0.0403. The SMILES string of the molecule is CC(C)C[C@@H](NC(=O)[C@H](N)CCC(=O)OCc1ccccc1)C(=O)N[C@H](COCc1ccccc1)C(=O)N[C@@H](Cc1ccccc1)C(=O)ON1C(=O)CCC1=O. The van der Waals surface area contributed by atoms with Crippen molar-refractivity contribution in [3.8, 4) is 0 Å². The normalized spacial score (nSPS) is 14.7. The summed E-state index contributed by atoms with van der Waals surface area (Å²) in [6, 6.07) is 21.9. The number of carbonyl (C=O) groups is 7. The minimum Gasteiger partial charge on any atom is -0.461 e. The van der Waals surface area contributed by atoms with Crippen molar-refractivity contribution in [3.63, 3.8) is 0 Å². The van der Waals surface area contributed by atoms with Crippen molar-refractivity contribution >= 4 is 41.5 Å². The summed E-state index contributed by atoms with van der Waals surface area (Å²) in [6.45, 7) is 3.52. The molecule has 3 aromatic rings. The van der Waals surface area contributed by atoms with Crippen molar-refractivity contribution in [2.24, 2.45) is 11.7 Å². The van der Waals surface area contributed by atoms with Crippen LogP contribution in [0, 0.1) is 5.92 Å². The summed E-state index contributed by atoms with van der Waals surface area (Å²) in [5.74, 6) is -5.29. The van der Waals surface area contributed by atoms with Crippen LogP contribution in [0.5, 0.6) is 0 Å². The highest BCUT2D eigenvalue weighted by atomic mass is 16.7. The third kappa shape index (κ3) is 14.0. The lowest BCUT2D eigenvalue weighted by molar-refractivity contribution is -0.199. The molecule has 0 aliphatic carbocycles. The number of benzene rings is 3. The van der Waals surface area contributed by atoms with Gasteiger partial charge in [0.2, 0.25) is 17.7 Å². The zero-order valence-electron chi connectivity index (χ0n) is 31.5. The van der Waals surface area contributed by atoms with Crippen LogP contribution in [-0.4, -0.2) is 77.3 Å². The molecule has 1 saturated heterocycles. The standard InChI is InChI=1S/C41H49N5O10/c1-27(2)22-32(43-38(50)31(42)18-21-37(49)55-25-30-16-10-5-11-17-30)39(51)45-34(26-54-24-29-14-8-4-9-15-29)40(52)44-33(23-28-12-6-3-7-13-28)41(53)56-46-35(47)19-20-36(46)48/h3-17,27,31-34H,18-26,42H2,1-2H3,(H,43,50)(H,44,52)(H,45,51)/t31-,32-,33+,34-/m1/s1. The average molecular weight is 772 g/mol. The average Bonchev–Trinajstić information content (AvgIpc) is 3.51. The number of amides is 5. The van der Waals surface area contributed by atoms with E-state index < -0.39 is 65.6 Å². The molecule has 15 heteroatoms. The lowest BCUT2D eigenvalue weighted by Gasteiger charge is -2.26. The number of esters is 1. The maximum atomic E-state index is 13.9. The van der Waals surface area contributed by atoms with E-state index in [4.69, 9.17) is 20.0 Å². The second-order valence-electron chi connectivity index (χ2n) is 13.8. The topological polar surface area (TPSA) is 213 Å². The van der Waals surface area contributed by atoms with Crippen LogP contribution in [0.3, 0.4) is 0 Å². The molecule has 5 N–H and O–H groups in total. The lowest BCUT2D eigenvalue weighted by atomic mass is 10.0. The maximum Gasteiger partial charge on any atom is 0.355 e. The summed E-state index contributed by atoms with van der Waals surface area (Å²) in [6.07, 6.45) is -0.304. The first-order valence-electron chi connectivity index (χ1n) is 18.5. The number of nitrogens with two attached hydrogens (primary N) is 1. The zero-order chi connectivity index (χ0) is 40.5. The molecule has 0 spiro atoms. The molecule has 1 aliphatic rings. The molecule has 1 aliphatic heterocycles. The van der Waals surface area contributed by atoms with Crippen LogP contribution in [-0.2, 0) is 67.5 Å². The van der Waals surface area contributed by atoms with Gasteiger partial charge in [0.15, 0.2) is 0 Å². The molecule has 298 valence electrons. The predicted octanol–water partition coefficient (Wildman–Crippen LogP) is 2.40. The van der Waals surface area contributed by atoms with Crippen molar-refractivity contribution in [3.05, 3.63) is 108 Å². The fraction of sp³-hybridized carbons (Fsp3) is 0.390. The molecule has 15 nitrogen and oxygen atoms in total. The largest absolute Gasteiger partial charge is 0.461 e. The Bertz CT molecular complexity index is 1780. The summed E-state index contributed by atoms with van der Waals surface area (Å²) in [4.78, 5) is 96.3. The highest BCUT2D eigenvalue weighted by Crippen LogP contribution is 2.15. The van der Waals surface area contributed by atoms with E-state index in [9.17, 15) is 33.6 Å². The number of ether oxygens (including phenoxy) is 2. The third-order valence-electron chi connectivity index (χ3n) is 8.68. The van der Waals surface area contributed by atoms with E-state index in [1.54, 1.807) is 30.3 Å². The lowest BCUT2D eigenvalue weighted by Crippen LogP contribution is -2.59. The van der Waals surface area contributed by atoms with E-state index in [1.165, 1.54) is 0 Å². The number of hydrogen-bond donors (Lipinski definition) is 4.